The van der Waals surface area contributed by atoms with Gasteiger partial charge in [-0.2, -0.15) is 0 Å². The predicted molar refractivity (Wildman–Crippen MR) is 77.5 cm³/mol. The zero-order valence-electron chi connectivity index (χ0n) is 11.3. The van der Waals surface area contributed by atoms with E-state index in [-0.39, 0.29) is 11.8 Å². The van der Waals surface area contributed by atoms with E-state index >= 15 is 0 Å². The topological polar surface area (TPSA) is 20.3 Å². The van der Waals surface area contributed by atoms with Crippen LogP contribution in [0.3, 0.4) is 0 Å². The van der Waals surface area contributed by atoms with Crippen molar-refractivity contribution in [2.75, 3.05) is 11.9 Å². The molecule has 2 aromatic carbocycles. The minimum atomic E-state index is 0.181. The smallest absolute Gasteiger partial charge is 0.227 e. The van der Waals surface area contributed by atoms with Gasteiger partial charge in [0, 0.05) is 25.1 Å². The summed E-state index contributed by atoms with van der Waals surface area (Å²) in [5.74, 6) is 0.366. The normalized spacial score (nSPS) is 18.3. The SMILES string of the molecule is Cc1ccc(C2CC(=O)N(C)c3ccccc32)cc1. The quantitative estimate of drug-likeness (QED) is 0.759. The second kappa shape index (κ2) is 4.54. The Morgan fingerprint density at radius 3 is 2.47 bits per heavy atom. The van der Waals surface area contributed by atoms with Crippen molar-refractivity contribution in [3.8, 4) is 0 Å². The molecule has 0 radical (unpaired) electrons. The van der Waals surface area contributed by atoms with Gasteiger partial charge < -0.3 is 4.90 Å². The van der Waals surface area contributed by atoms with Gasteiger partial charge in [-0.3, -0.25) is 4.79 Å². The van der Waals surface area contributed by atoms with Crippen molar-refractivity contribution < 1.29 is 4.79 Å². The van der Waals surface area contributed by atoms with Crippen LogP contribution < -0.4 is 4.90 Å². The fraction of sp³-hybridized carbons (Fsp3) is 0.235. The molecule has 3 rings (SSSR count). The van der Waals surface area contributed by atoms with E-state index in [0.717, 1.165) is 5.69 Å². The predicted octanol–water partition coefficient (Wildman–Crippen LogP) is 3.49. The Balaban J connectivity index is 2.10. The van der Waals surface area contributed by atoms with Crippen molar-refractivity contribution in [2.45, 2.75) is 19.3 Å². The molecule has 19 heavy (non-hydrogen) atoms. The van der Waals surface area contributed by atoms with Crippen LogP contribution in [0.1, 0.15) is 29.0 Å². The summed E-state index contributed by atoms with van der Waals surface area (Å²) in [4.78, 5) is 13.9. The number of carbonyl (C=O) groups is 1. The molecule has 2 heteroatoms. The van der Waals surface area contributed by atoms with Crippen LogP contribution in [0.2, 0.25) is 0 Å². The molecule has 0 spiro atoms. The lowest BCUT2D eigenvalue weighted by molar-refractivity contribution is -0.118. The molecule has 96 valence electrons. The number of carbonyl (C=O) groups excluding carboxylic acids is 1. The lowest BCUT2D eigenvalue weighted by atomic mass is 9.84. The number of fused-ring (bicyclic) bond motifs is 1. The molecular formula is C17H17NO. The molecule has 0 fully saturated rings. The summed E-state index contributed by atoms with van der Waals surface area (Å²) in [5.41, 5.74) is 4.74. The van der Waals surface area contributed by atoms with E-state index in [2.05, 4.69) is 37.3 Å². The fourth-order valence-electron chi connectivity index (χ4n) is 2.74. The summed E-state index contributed by atoms with van der Waals surface area (Å²) in [6, 6.07) is 16.7. The minimum absolute atomic E-state index is 0.181. The van der Waals surface area contributed by atoms with Gasteiger partial charge >= 0.3 is 0 Å². The van der Waals surface area contributed by atoms with Gasteiger partial charge in [-0.15, -0.1) is 0 Å². The lowest BCUT2D eigenvalue weighted by Crippen LogP contribution is -2.33. The number of benzene rings is 2. The monoisotopic (exact) mass is 251 g/mol. The molecule has 0 saturated heterocycles. The van der Waals surface area contributed by atoms with Gasteiger partial charge in [-0.25, -0.2) is 0 Å². The molecule has 1 aliphatic rings. The second-order valence-electron chi connectivity index (χ2n) is 5.18. The van der Waals surface area contributed by atoms with Gasteiger partial charge in [-0.05, 0) is 24.1 Å². The van der Waals surface area contributed by atoms with Crippen LogP contribution in [-0.4, -0.2) is 13.0 Å². The molecule has 0 N–H and O–H groups in total. The third-order valence-electron chi connectivity index (χ3n) is 3.91. The van der Waals surface area contributed by atoms with Gasteiger partial charge in [0.1, 0.15) is 0 Å². The van der Waals surface area contributed by atoms with Crippen molar-refractivity contribution in [3.05, 3.63) is 65.2 Å². The molecule has 0 saturated carbocycles. The molecule has 2 aromatic rings. The van der Waals surface area contributed by atoms with E-state index in [0.29, 0.717) is 6.42 Å². The minimum Gasteiger partial charge on any atom is -0.315 e. The van der Waals surface area contributed by atoms with Crippen LogP contribution in [-0.2, 0) is 4.79 Å². The third kappa shape index (κ3) is 2.03. The summed E-state index contributed by atoms with van der Waals surface area (Å²) < 4.78 is 0. The van der Waals surface area contributed by atoms with E-state index in [1.165, 1.54) is 16.7 Å². The van der Waals surface area contributed by atoms with Crippen molar-refractivity contribution in [3.63, 3.8) is 0 Å². The van der Waals surface area contributed by atoms with Gasteiger partial charge in [-0.1, -0.05) is 48.0 Å². The number of amides is 1. The van der Waals surface area contributed by atoms with Gasteiger partial charge in [0.25, 0.3) is 0 Å². The second-order valence-corrected chi connectivity index (χ2v) is 5.18. The summed E-state index contributed by atoms with van der Waals surface area (Å²) in [5, 5.41) is 0. The largest absolute Gasteiger partial charge is 0.315 e. The van der Waals surface area contributed by atoms with Crippen molar-refractivity contribution >= 4 is 11.6 Å². The fourth-order valence-corrected chi connectivity index (χ4v) is 2.74. The van der Waals surface area contributed by atoms with Gasteiger partial charge in [0.2, 0.25) is 5.91 Å². The molecule has 1 atom stereocenters. The van der Waals surface area contributed by atoms with Crippen molar-refractivity contribution in [2.24, 2.45) is 0 Å². The van der Waals surface area contributed by atoms with E-state index < -0.39 is 0 Å². The molecule has 0 bridgehead atoms. The van der Waals surface area contributed by atoms with Crippen LogP contribution in [0.4, 0.5) is 5.69 Å². The average molecular weight is 251 g/mol. The Morgan fingerprint density at radius 1 is 1.05 bits per heavy atom. The molecule has 1 amide bonds. The van der Waals surface area contributed by atoms with E-state index in [1.807, 2.05) is 25.2 Å². The Bertz CT molecular complexity index is 615. The average Bonchev–Trinajstić information content (AvgIpc) is 2.44. The maximum Gasteiger partial charge on any atom is 0.227 e. The zero-order chi connectivity index (χ0) is 13.4. The highest BCUT2D eigenvalue weighted by Gasteiger charge is 2.29. The Labute approximate surface area is 113 Å². The van der Waals surface area contributed by atoms with Gasteiger partial charge in [0.15, 0.2) is 0 Å². The van der Waals surface area contributed by atoms with Crippen LogP contribution in [0.15, 0.2) is 48.5 Å². The number of rotatable bonds is 1. The number of anilines is 1. The number of hydrogen-bond acceptors (Lipinski definition) is 1. The summed E-state index contributed by atoms with van der Waals surface area (Å²) in [7, 11) is 1.85. The van der Waals surface area contributed by atoms with Crippen molar-refractivity contribution in [1.29, 1.82) is 0 Å². The first-order chi connectivity index (χ1) is 9.16. The first-order valence-electron chi connectivity index (χ1n) is 6.59. The number of hydrogen-bond donors (Lipinski definition) is 0. The van der Waals surface area contributed by atoms with E-state index in [9.17, 15) is 4.79 Å². The van der Waals surface area contributed by atoms with Crippen LogP contribution in [0.25, 0.3) is 0 Å². The van der Waals surface area contributed by atoms with E-state index in [1.54, 1.807) is 4.90 Å². The van der Waals surface area contributed by atoms with Crippen LogP contribution >= 0.6 is 0 Å². The third-order valence-corrected chi connectivity index (χ3v) is 3.91. The Morgan fingerprint density at radius 2 is 1.74 bits per heavy atom. The number of aryl methyl sites for hydroxylation is 1. The summed E-state index contributed by atoms with van der Waals surface area (Å²) >= 11 is 0. The highest BCUT2D eigenvalue weighted by molar-refractivity contribution is 5.97. The highest BCUT2D eigenvalue weighted by atomic mass is 16.2. The molecule has 1 heterocycles. The number of nitrogens with zero attached hydrogens (tertiary/aromatic N) is 1. The maximum atomic E-state index is 12.1. The zero-order valence-corrected chi connectivity index (χ0v) is 11.3. The lowest BCUT2D eigenvalue weighted by Gasteiger charge is -2.31. The first-order valence-corrected chi connectivity index (χ1v) is 6.59. The Kier molecular flexibility index (Phi) is 2.86. The molecule has 0 aliphatic carbocycles. The Hall–Kier alpha value is -2.09. The molecule has 0 aromatic heterocycles. The molecule has 1 aliphatic heterocycles. The highest BCUT2D eigenvalue weighted by Crippen LogP contribution is 2.39. The summed E-state index contributed by atoms with van der Waals surface area (Å²) in [6.45, 7) is 2.08. The molecule has 1 unspecified atom stereocenters. The summed E-state index contributed by atoms with van der Waals surface area (Å²) in [6.07, 6.45) is 0.552. The number of para-hydroxylation sites is 1. The van der Waals surface area contributed by atoms with Crippen LogP contribution in [0, 0.1) is 6.92 Å². The first kappa shape index (κ1) is 12.0. The van der Waals surface area contributed by atoms with Gasteiger partial charge in [0.05, 0.1) is 0 Å². The maximum absolute atomic E-state index is 12.1. The van der Waals surface area contributed by atoms with Crippen molar-refractivity contribution in [1.82, 2.24) is 0 Å². The molecular weight excluding hydrogens is 234 g/mol. The van der Waals surface area contributed by atoms with Crippen LogP contribution in [0.5, 0.6) is 0 Å². The standard InChI is InChI=1S/C17H17NO/c1-12-7-9-13(10-8-12)15-11-17(19)18(2)16-6-4-3-5-14(15)16/h3-10,15H,11H2,1-2H3. The molecule has 2 nitrogen and oxygen atoms in total. The van der Waals surface area contributed by atoms with E-state index in [4.69, 9.17) is 0 Å².